The first kappa shape index (κ1) is 13.6. The zero-order chi connectivity index (χ0) is 13.7. The second kappa shape index (κ2) is 5.87. The quantitative estimate of drug-likeness (QED) is 0.836. The highest BCUT2D eigenvalue weighted by Gasteiger charge is 2.20. The van der Waals surface area contributed by atoms with Gasteiger partial charge in [-0.05, 0) is 18.6 Å². The zero-order valence-corrected chi connectivity index (χ0v) is 11.8. The van der Waals surface area contributed by atoms with E-state index >= 15 is 0 Å². The molecule has 4 heteroatoms. The molecule has 1 aromatic carbocycles. The van der Waals surface area contributed by atoms with Crippen molar-refractivity contribution in [1.29, 1.82) is 0 Å². The molecule has 0 radical (unpaired) electrons. The van der Waals surface area contributed by atoms with Crippen LogP contribution in [0.25, 0.3) is 0 Å². The fourth-order valence-electron chi connectivity index (χ4n) is 1.69. The van der Waals surface area contributed by atoms with Gasteiger partial charge in [-0.2, -0.15) is 4.98 Å². The monoisotopic (exact) mass is 259 g/mol. The van der Waals surface area contributed by atoms with E-state index in [1.807, 2.05) is 18.2 Å². The summed E-state index contributed by atoms with van der Waals surface area (Å²) in [5.41, 5.74) is 1.09. The largest absolute Gasteiger partial charge is 0.385 e. The fraction of sp³-hybridized carbons (Fsp3) is 0.467. The molecule has 0 aliphatic carbocycles. The molecule has 1 N–H and O–H groups in total. The van der Waals surface area contributed by atoms with Crippen LogP contribution in [0, 0.1) is 0 Å². The summed E-state index contributed by atoms with van der Waals surface area (Å²) in [5.74, 6) is 1.50. The van der Waals surface area contributed by atoms with E-state index in [-0.39, 0.29) is 5.41 Å². The minimum atomic E-state index is -0.0515. The van der Waals surface area contributed by atoms with Crippen LogP contribution in [0.4, 0.5) is 5.69 Å². The van der Waals surface area contributed by atoms with E-state index in [9.17, 15) is 0 Å². The fourth-order valence-corrected chi connectivity index (χ4v) is 1.69. The van der Waals surface area contributed by atoms with Crippen molar-refractivity contribution in [2.24, 2.45) is 0 Å². The molecule has 0 saturated heterocycles. The van der Waals surface area contributed by atoms with E-state index in [1.54, 1.807) is 0 Å². The van der Waals surface area contributed by atoms with Crippen LogP contribution in [0.2, 0.25) is 0 Å². The normalized spacial score (nSPS) is 11.5. The maximum atomic E-state index is 5.25. The maximum Gasteiger partial charge on any atom is 0.226 e. The van der Waals surface area contributed by atoms with Gasteiger partial charge in [0.05, 0.1) is 0 Å². The highest BCUT2D eigenvalue weighted by molar-refractivity contribution is 5.42. The molecule has 102 valence electrons. The number of rotatable bonds is 5. The minimum absolute atomic E-state index is 0.0515. The molecule has 2 aromatic rings. The van der Waals surface area contributed by atoms with E-state index in [4.69, 9.17) is 4.52 Å². The zero-order valence-electron chi connectivity index (χ0n) is 11.8. The van der Waals surface area contributed by atoms with Gasteiger partial charge in [-0.15, -0.1) is 0 Å². The third-order valence-electron chi connectivity index (χ3n) is 2.81. The van der Waals surface area contributed by atoms with Crippen molar-refractivity contribution in [1.82, 2.24) is 10.1 Å². The Hall–Kier alpha value is -1.84. The lowest BCUT2D eigenvalue weighted by Gasteiger charge is -2.10. The number of hydrogen-bond donors (Lipinski definition) is 1. The van der Waals surface area contributed by atoms with Crippen LogP contribution in [-0.2, 0) is 11.8 Å². The molecule has 0 spiro atoms. The molecular weight excluding hydrogens is 238 g/mol. The lowest BCUT2D eigenvalue weighted by Crippen LogP contribution is -2.13. The van der Waals surface area contributed by atoms with Gasteiger partial charge in [-0.1, -0.05) is 44.1 Å². The summed E-state index contributed by atoms with van der Waals surface area (Å²) < 4.78 is 5.25. The molecule has 4 nitrogen and oxygen atoms in total. The molecule has 0 unspecified atom stereocenters. The van der Waals surface area contributed by atoms with Crippen molar-refractivity contribution < 1.29 is 4.52 Å². The molecule has 0 fully saturated rings. The molecule has 2 rings (SSSR count). The molecule has 1 aromatic heterocycles. The third kappa shape index (κ3) is 4.09. The van der Waals surface area contributed by atoms with Gasteiger partial charge in [0.15, 0.2) is 5.82 Å². The Morgan fingerprint density at radius 2 is 1.89 bits per heavy atom. The highest BCUT2D eigenvalue weighted by atomic mass is 16.5. The summed E-state index contributed by atoms with van der Waals surface area (Å²) >= 11 is 0. The van der Waals surface area contributed by atoms with Crippen molar-refractivity contribution in [2.75, 3.05) is 11.9 Å². The molecule has 1 heterocycles. The molecule has 0 atom stereocenters. The van der Waals surface area contributed by atoms with Gasteiger partial charge < -0.3 is 9.84 Å². The van der Waals surface area contributed by atoms with Gasteiger partial charge in [-0.25, -0.2) is 0 Å². The Bertz CT molecular complexity index is 500. The molecule has 0 amide bonds. The van der Waals surface area contributed by atoms with E-state index in [1.165, 1.54) is 0 Å². The highest BCUT2D eigenvalue weighted by Crippen LogP contribution is 2.18. The topological polar surface area (TPSA) is 51.0 Å². The van der Waals surface area contributed by atoms with Gasteiger partial charge in [0.2, 0.25) is 5.89 Å². The van der Waals surface area contributed by atoms with Gasteiger partial charge in [-0.3, -0.25) is 0 Å². The van der Waals surface area contributed by atoms with E-state index in [2.05, 4.69) is 48.4 Å². The average molecular weight is 259 g/mol. The van der Waals surface area contributed by atoms with Crippen LogP contribution in [0.5, 0.6) is 0 Å². The smallest absolute Gasteiger partial charge is 0.226 e. The summed E-state index contributed by atoms with van der Waals surface area (Å²) in [6.07, 6.45) is 1.78. The van der Waals surface area contributed by atoms with Gasteiger partial charge in [0, 0.05) is 24.1 Å². The number of aromatic nitrogens is 2. The second-order valence-electron chi connectivity index (χ2n) is 5.66. The second-order valence-corrected chi connectivity index (χ2v) is 5.66. The standard InChI is InChI=1S/C15H21N3O/c1-15(2,3)14-17-13(19-18-14)10-7-11-16-12-8-5-4-6-9-12/h4-6,8-9,16H,7,10-11H2,1-3H3. The molecule has 0 bridgehead atoms. The maximum absolute atomic E-state index is 5.25. The van der Waals surface area contributed by atoms with Gasteiger partial charge in [0.25, 0.3) is 0 Å². The number of anilines is 1. The summed E-state index contributed by atoms with van der Waals surface area (Å²) in [5, 5.41) is 7.38. The van der Waals surface area contributed by atoms with Crippen LogP contribution in [0.3, 0.4) is 0 Å². The average Bonchev–Trinajstić information content (AvgIpc) is 2.85. The first-order chi connectivity index (χ1) is 9.05. The molecule has 0 aliphatic rings. The Morgan fingerprint density at radius 1 is 1.16 bits per heavy atom. The molecule has 0 aliphatic heterocycles. The first-order valence-electron chi connectivity index (χ1n) is 6.68. The van der Waals surface area contributed by atoms with Crippen LogP contribution in [0.15, 0.2) is 34.9 Å². The summed E-state index contributed by atoms with van der Waals surface area (Å²) in [7, 11) is 0. The summed E-state index contributed by atoms with van der Waals surface area (Å²) in [6.45, 7) is 7.15. The molecular formula is C15H21N3O. The number of aryl methyl sites for hydroxylation is 1. The number of nitrogens with one attached hydrogen (secondary N) is 1. The van der Waals surface area contributed by atoms with Crippen molar-refractivity contribution in [3.8, 4) is 0 Å². The number of nitrogens with zero attached hydrogens (tertiary/aromatic N) is 2. The van der Waals surface area contributed by atoms with Gasteiger partial charge >= 0.3 is 0 Å². The minimum Gasteiger partial charge on any atom is -0.385 e. The SMILES string of the molecule is CC(C)(C)c1noc(CCCNc2ccccc2)n1. The lowest BCUT2D eigenvalue weighted by atomic mass is 9.96. The number of benzene rings is 1. The Morgan fingerprint density at radius 3 is 2.53 bits per heavy atom. The number of hydrogen-bond acceptors (Lipinski definition) is 4. The van der Waals surface area contributed by atoms with Gasteiger partial charge in [0.1, 0.15) is 0 Å². The molecule has 0 saturated carbocycles. The first-order valence-corrected chi connectivity index (χ1v) is 6.68. The third-order valence-corrected chi connectivity index (χ3v) is 2.81. The van der Waals surface area contributed by atoms with E-state index in [0.29, 0.717) is 0 Å². The predicted molar refractivity (Wildman–Crippen MR) is 76.3 cm³/mol. The van der Waals surface area contributed by atoms with Crippen molar-refractivity contribution in [3.05, 3.63) is 42.0 Å². The van der Waals surface area contributed by atoms with Crippen LogP contribution in [-0.4, -0.2) is 16.7 Å². The van der Waals surface area contributed by atoms with Crippen LogP contribution >= 0.6 is 0 Å². The predicted octanol–water partition coefficient (Wildman–Crippen LogP) is 3.41. The van der Waals surface area contributed by atoms with Crippen molar-refractivity contribution >= 4 is 5.69 Å². The van der Waals surface area contributed by atoms with Crippen molar-refractivity contribution in [3.63, 3.8) is 0 Å². The number of para-hydroxylation sites is 1. The molecule has 19 heavy (non-hydrogen) atoms. The Balaban J connectivity index is 1.76. The van der Waals surface area contributed by atoms with Crippen LogP contribution < -0.4 is 5.32 Å². The van der Waals surface area contributed by atoms with Crippen molar-refractivity contribution in [2.45, 2.75) is 39.0 Å². The summed E-state index contributed by atoms with van der Waals surface area (Å²) in [6, 6.07) is 10.2. The Kier molecular flexibility index (Phi) is 4.20. The van der Waals surface area contributed by atoms with E-state index < -0.39 is 0 Å². The van der Waals surface area contributed by atoms with Crippen LogP contribution in [0.1, 0.15) is 38.9 Å². The van der Waals surface area contributed by atoms with E-state index in [0.717, 1.165) is 36.8 Å². The lowest BCUT2D eigenvalue weighted by molar-refractivity contribution is 0.361. The Labute approximate surface area is 114 Å². The summed E-state index contributed by atoms with van der Waals surface area (Å²) in [4.78, 5) is 4.42.